The van der Waals surface area contributed by atoms with E-state index in [2.05, 4.69) is 257 Å². The summed E-state index contributed by atoms with van der Waals surface area (Å²) >= 11 is 0. The van der Waals surface area contributed by atoms with Gasteiger partial charge in [-0.3, -0.25) is 9.59 Å². The van der Waals surface area contributed by atoms with Crippen molar-refractivity contribution in [3.8, 4) is 0 Å². The van der Waals surface area contributed by atoms with Crippen LogP contribution in [0.4, 0.5) is 0 Å². The van der Waals surface area contributed by atoms with Crippen LogP contribution in [0.25, 0.3) is 0 Å². The summed E-state index contributed by atoms with van der Waals surface area (Å²) in [7, 11) is 5.91. The fraction of sp³-hybridized carbons (Fsp3) is 0.552. The van der Waals surface area contributed by atoms with Crippen LogP contribution in [0.5, 0.6) is 0 Å². The maximum atomic E-state index is 13.0. The molecule has 0 rings (SSSR count). The average Bonchev–Trinajstić information content (AvgIpc) is 1.97. The molecule has 0 saturated carbocycles. The molecule has 0 aromatic rings. The van der Waals surface area contributed by atoms with E-state index >= 15 is 0 Å². The number of carbonyl (C=O) groups excluding carboxylic acids is 3. The first-order valence-corrected chi connectivity index (χ1v) is 41.2. The van der Waals surface area contributed by atoms with Gasteiger partial charge in [-0.2, -0.15) is 0 Å². The molecule has 2 atom stereocenters. The van der Waals surface area contributed by atoms with Crippen molar-refractivity contribution in [3.05, 3.63) is 243 Å². The van der Waals surface area contributed by atoms with Crippen molar-refractivity contribution in [3.63, 3.8) is 0 Å². The molecular formula is C96H149NO8. The Labute approximate surface area is 643 Å². The van der Waals surface area contributed by atoms with E-state index in [9.17, 15) is 19.5 Å². The number of carbonyl (C=O) groups is 3. The molecule has 9 nitrogen and oxygen atoms in total. The third-order valence-electron chi connectivity index (χ3n) is 16.6. The minimum absolute atomic E-state index is 0.131. The number of rotatable bonds is 73. The Bertz CT molecular complexity index is 2640. The van der Waals surface area contributed by atoms with Crippen LogP contribution >= 0.6 is 0 Å². The number of carboxylic acids is 1. The molecular weight excluding hydrogens is 1300 g/mol. The maximum absolute atomic E-state index is 13.0. The molecule has 0 amide bonds. The van der Waals surface area contributed by atoms with E-state index in [0.717, 1.165) is 186 Å². The number of ether oxygens (including phenoxy) is 4. The van der Waals surface area contributed by atoms with Gasteiger partial charge in [-0.1, -0.05) is 347 Å². The lowest BCUT2D eigenvalue weighted by atomic mass is 10.0. The molecule has 0 heterocycles. The normalized spacial score (nSPS) is 14.0. The third kappa shape index (κ3) is 84.2. The average molecular weight is 1450 g/mol. The monoisotopic (exact) mass is 1440 g/mol. The zero-order valence-electron chi connectivity index (χ0n) is 67.0. The Kier molecular flexibility index (Phi) is 77.3. The first kappa shape index (κ1) is 98.1. The Morgan fingerprint density at radius 3 is 0.762 bits per heavy atom. The van der Waals surface area contributed by atoms with E-state index in [-0.39, 0.29) is 38.6 Å². The van der Waals surface area contributed by atoms with Crippen molar-refractivity contribution in [2.24, 2.45) is 0 Å². The molecule has 0 aliphatic carbocycles. The lowest BCUT2D eigenvalue weighted by Gasteiger charge is -2.26. The van der Waals surface area contributed by atoms with Gasteiger partial charge in [0, 0.05) is 12.8 Å². The Hall–Kier alpha value is -6.91. The summed E-state index contributed by atoms with van der Waals surface area (Å²) in [6, 6.07) is 0. The predicted molar refractivity (Wildman–Crippen MR) is 452 cm³/mol. The summed E-state index contributed by atoms with van der Waals surface area (Å²) in [5, 5.41) is 11.9. The van der Waals surface area contributed by atoms with Crippen molar-refractivity contribution in [2.75, 3.05) is 47.5 Å². The quantitative estimate of drug-likeness (QED) is 0.0195. The molecule has 9 heteroatoms. The van der Waals surface area contributed by atoms with Crippen molar-refractivity contribution >= 4 is 17.9 Å². The van der Waals surface area contributed by atoms with Crippen LogP contribution in [0.1, 0.15) is 284 Å². The smallest absolute Gasteiger partial charge is 0.306 e. The number of carboxylic acid groups (broad SMARTS) is 1. The van der Waals surface area contributed by atoms with Gasteiger partial charge in [0.05, 0.1) is 40.3 Å². The van der Waals surface area contributed by atoms with Crippen LogP contribution in [0.2, 0.25) is 0 Å². The highest BCUT2D eigenvalue weighted by Gasteiger charge is 2.22. The Balaban J connectivity index is 4.17. The molecule has 586 valence electrons. The first-order valence-electron chi connectivity index (χ1n) is 41.2. The highest BCUT2D eigenvalue weighted by molar-refractivity contribution is 5.70. The number of hydrogen-bond acceptors (Lipinski definition) is 8. The minimum Gasteiger partial charge on any atom is -0.545 e. The lowest BCUT2D eigenvalue weighted by molar-refractivity contribution is -0.870. The summed E-state index contributed by atoms with van der Waals surface area (Å²) in [5.74, 6) is -2.33. The maximum Gasteiger partial charge on any atom is 0.306 e. The van der Waals surface area contributed by atoms with Crippen LogP contribution in [-0.4, -0.2) is 82.3 Å². The largest absolute Gasteiger partial charge is 0.545 e. The summed E-state index contributed by atoms with van der Waals surface area (Å²) in [6.07, 6.45) is 130. The Morgan fingerprint density at radius 2 is 0.514 bits per heavy atom. The highest BCUT2D eigenvalue weighted by atomic mass is 16.7. The number of quaternary nitrogens is 1. The van der Waals surface area contributed by atoms with Gasteiger partial charge >= 0.3 is 11.9 Å². The van der Waals surface area contributed by atoms with Crippen molar-refractivity contribution in [1.29, 1.82) is 0 Å². The number of aliphatic carboxylic acids is 1. The highest BCUT2D eigenvalue weighted by Crippen LogP contribution is 2.16. The fourth-order valence-corrected chi connectivity index (χ4v) is 10.4. The molecule has 0 radical (unpaired) electrons. The topological polar surface area (TPSA) is 111 Å². The van der Waals surface area contributed by atoms with Crippen molar-refractivity contribution in [1.82, 2.24) is 0 Å². The zero-order valence-corrected chi connectivity index (χ0v) is 67.0. The summed E-state index contributed by atoms with van der Waals surface area (Å²) < 4.78 is 22.8. The van der Waals surface area contributed by atoms with Crippen LogP contribution in [0, 0.1) is 0 Å². The van der Waals surface area contributed by atoms with Gasteiger partial charge in [0.2, 0.25) is 0 Å². The van der Waals surface area contributed by atoms with E-state index < -0.39 is 24.3 Å². The molecule has 0 spiro atoms. The number of allylic oxidation sites excluding steroid dienone is 40. The number of hydrogen-bond donors (Lipinski definition) is 0. The molecule has 0 aliphatic heterocycles. The molecule has 2 unspecified atom stereocenters. The fourth-order valence-electron chi connectivity index (χ4n) is 10.4. The lowest BCUT2D eigenvalue weighted by Crippen LogP contribution is -2.44. The molecule has 0 aliphatic rings. The second-order valence-electron chi connectivity index (χ2n) is 27.6. The second-order valence-corrected chi connectivity index (χ2v) is 27.6. The van der Waals surface area contributed by atoms with Gasteiger partial charge < -0.3 is 33.3 Å². The van der Waals surface area contributed by atoms with Crippen molar-refractivity contribution in [2.45, 2.75) is 296 Å². The van der Waals surface area contributed by atoms with Crippen LogP contribution in [0.3, 0.4) is 0 Å². The zero-order chi connectivity index (χ0) is 76.0. The standard InChI is InChI=1S/C96H149NO8/c1-6-8-10-12-14-16-18-20-22-24-26-28-30-32-34-36-38-40-42-44-46-47-49-50-52-54-56-58-60-62-64-66-68-70-72-74-76-78-80-82-84-86-93(98)103-90-92(91-104-96(95(100)101)102-89-88-97(3,4)5)105-94(99)87-85-83-81-79-77-75-73-71-69-67-65-63-61-59-57-55-53-51-48-45-43-41-39-37-35-33-31-29-27-25-23-21-19-17-15-13-11-9-7-2/h8-11,14-17,20-23,26-29,32-35,38-41,44-46,48-50,53-56,59,61,65,67,71,73,92,96H,6-7,12-13,18-19,24-25,30-31,36-37,42-43,47,51-52,57-58,60,62-64,66,68-70,72,74-91H2,1-5H3/b10-8-,11-9-,16-14-,17-15-,22-20-,23-21-,28-26-,29-27-,34-32-,35-33-,40-38-,41-39-,46-44-,48-45-,50-49-,55-53-,56-54-,61-59-,67-65-,73-71-. The molecule has 0 aromatic carbocycles. The van der Waals surface area contributed by atoms with Crippen LogP contribution < -0.4 is 5.11 Å². The van der Waals surface area contributed by atoms with Gasteiger partial charge in [0.1, 0.15) is 13.2 Å². The van der Waals surface area contributed by atoms with Gasteiger partial charge in [-0.25, -0.2) is 0 Å². The number of nitrogens with zero attached hydrogens (tertiary/aromatic N) is 1. The third-order valence-corrected chi connectivity index (χ3v) is 16.6. The van der Waals surface area contributed by atoms with E-state index in [0.29, 0.717) is 17.4 Å². The number of esters is 2. The molecule has 0 bridgehead atoms. The van der Waals surface area contributed by atoms with Gasteiger partial charge in [0.25, 0.3) is 0 Å². The van der Waals surface area contributed by atoms with E-state index in [1.54, 1.807) is 0 Å². The first-order chi connectivity index (χ1) is 51.6. The van der Waals surface area contributed by atoms with Gasteiger partial charge in [-0.15, -0.1) is 0 Å². The van der Waals surface area contributed by atoms with E-state index in [4.69, 9.17) is 18.9 Å². The van der Waals surface area contributed by atoms with Gasteiger partial charge in [0.15, 0.2) is 12.4 Å². The van der Waals surface area contributed by atoms with E-state index in [1.165, 1.54) is 64.2 Å². The predicted octanol–water partition coefficient (Wildman–Crippen LogP) is 25.8. The Morgan fingerprint density at radius 1 is 0.286 bits per heavy atom. The molecule has 105 heavy (non-hydrogen) atoms. The summed E-state index contributed by atoms with van der Waals surface area (Å²) in [6.45, 7) is 4.47. The SMILES string of the molecule is CC/C=C\C/C=C\C/C=C\C/C=C\C/C=C\C/C=C\C/C=C\C/C=C\C/C=C\C/C=C\C/C=C\CCCCCCCC(=O)OC(COC(=O)CCCCCCCCCCCCCCC/C=C\C/C=C\C/C=C\C/C=C\C/C=C\C/C=C\C/C=C\C/C=C\C/C=C\CC)COC(OCC[N+](C)(C)C)C(=O)[O-]. The van der Waals surface area contributed by atoms with Crippen LogP contribution in [0.15, 0.2) is 243 Å². The molecule has 0 aromatic heterocycles. The van der Waals surface area contributed by atoms with Crippen LogP contribution in [-0.2, 0) is 33.3 Å². The second kappa shape index (κ2) is 82.7. The minimum atomic E-state index is -1.64. The summed E-state index contributed by atoms with van der Waals surface area (Å²) in [5.41, 5.74) is 0. The molecule has 0 saturated heterocycles. The van der Waals surface area contributed by atoms with E-state index in [1.807, 2.05) is 21.1 Å². The number of likely N-dealkylation sites (N-methyl/N-ethyl adjacent to an activating group) is 1. The van der Waals surface area contributed by atoms with Gasteiger partial charge in [-0.05, 0) is 167 Å². The molecule has 0 fully saturated rings. The number of unbranched alkanes of at least 4 members (excludes halogenated alkanes) is 18. The molecule has 0 N–H and O–H groups in total. The summed E-state index contributed by atoms with van der Waals surface area (Å²) in [4.78, 5) is 37.6. The van der Waals surface area contributed by atoms with Crippen molar-refractivity contribution < 1.29 is 42.9 Å².